The average molecular weight is 342 g/mol. The number of hydrogen-bond donors (Lipinski definition) is 2. The predicted octanol–water partition coefficient (Wildman–Crippen LogP) is 3.89. The van der Waals surface area contributed by atoms with Crippen molar-refractivity contribution in [3.05, 3.63) is 65.3 Å². The lowest BCUT2D eigenvalue weighted by Gasteiger charge is -2.08. The Balaban J connectivity index is 1.63. The van der Waals surface area contributed by atoms with Crippen LogP contribution >= 0.6 is 11.6 Å². The molecular weight excluding hydrogens is 326 g/mol. The molecule has 0 aliphatic carbocycles. The second-order valence-electron chi connectivity index (χ2n) is 5.00. The van der Waals surface area contributed by atoms with Crippen LogP contribution in [0.15, 0.2) is 54.7 Å². The van der Waals surface area contributed by atoms with Gasteiger partial charge >= 0.3 is 0 Å². The number of nitrogens with zero attached hydrogens (tertiary/aromatic N) is 3. The summed E-state index contributed by atoms with van der Waals surface area (Å²) in [5, 5.41) is 14.9. The number of halogens is 1. The number of anilines is 3. The lowest BCUT2D eigenvalue weighted by molar-refractivity contribution is 0.414. The molecule has 0 bridgehead atoms. The van der Waals surface area contributed by atoms with E-state index in [1.807, 2.05) is 36.4 Å². The first-order valence-electron chi connectivity index (χ1n) is 7.32. The topological polar surface area (TPSA) is 72.0 Å². The van der Waals surface area contributed by atoms with Crippen LogP contribution in [0.4, 0.5) is 17.5 Å². The summed E-state index contributed by atoms with van der Waals surface area (Å²) >= 11 is 5.87. The summed E-state index contributed by atoms with van der Waals surface area (Å²) in [6, 6.07) is 15.1. The smallest absolute Gasteiger partial charge is 0.249 e. The summed E-state index contributed by atoms with van der Waals surface area (Å²) in [6.07, 6.45) is 1.58. The lowest BCUT2D eigenvalue weighted by Crippen LogP contribution is -2.05. The van der Waals surface area contributed by atoms with Gasteiger partial charge in [0.1, 0.15) is 5.75 Å². The van der Waals surface area contributed by atoms with Crippen molar-refractivity contribution in [2.75, 3.05) is 17.7 Å². The second kappa shape index (κ2) is 7.61. The molecule has 1 aromatic heterocycles. The second-order valence-corrected chi connectivity index (χ2v) is 5.44. The van der Waals surface area contributed by atoms with Gasteiger partial charge in [-0.25, -0.2) is 0 Å². The average Bonchev–Trinajstić information content (AvgIpc) is 2.63. The summed E-state index contributed by atoms with van der Waals surface area (Å²) in [5.41, 5.74) is 1.95. The minimum atomic E-state index is 0.414. The van der Waals surface area contributed by atoms with E-state index in [1.54, 1.807) is 25.4 Å². The Labute approximate surface area is 144 Å². The zero-order valence-electron chi connectivity index (χ0n) is 13.0. The van der Waals surface area contributed by atoms with Crippen molar-refractivity contribution < 1.29 is 4.74 Å². The van der Waals surface area contributed by atoms with E-state index in [1.165, 1.54) is 0 Å². The number of hydrogen-bond acceptors (Lipinski definition) is 6. The Morgan fingerprint density at radius 3 is 2.50 bits per heavy atom. The van der Waals surface area contributed by atoms with Crippen molar-refractivity contribution >= 4 is 29.1 Å². The maximum Gasteiger partial charge on any atom is 0.249 e. The van der Waals surface area contributed by atoms with Gasteiger partial charge in [0.05, 0.1) is 13.3 Å². The van der Waals surface area contributed by atoms with Crippen molar-refractivity contribution in [1.29, 1.82) is 0 Å². The standard InChI is InChI=1S/C17H16ClN5O/c1-24-15-8-2-12(3-9-15)10-19-16-11-20-23-17(22-16)21-14-6-4-13(18)5-7-14/h2-9,11H,10H2,1H3,(H2,19,21,22,23). The molecule has 3 rings (SSSR count). The minimum Gasteiger partial charge on any atom is -0.497 e. The van der Waals surface area contributed by atoms with Crippen LogP contribution in [0.5, 0.6) is 5.75 Å². The van der Waals surface area contributed by atoms with Gasteiger partial charge in [-0.3, -0.25) is 0 Å². The molecule has 0 unspecified atom stereocenters. The Hall–Kier alpha value is -2.86. The van der Waals surface area contributed by atoms with Gasteiger partial charge in [-0.2, -0.15) is 10.1 Å². The van der Waals surface area contributed by atoms with Crippen molar-refractivity contribution in [3.8, 4) is 5.75 Å². The van der Waals surface area contributed by atoms with Crippen LogP contribution in [-0.2, 0) is 6.54 Å². The Morgan fingerprint density at radius 1 is 1.04 bits per heavy atom. The number of aromatic nitrogens is 3. The van der Waals surface area contributed by atoms with Gasteiger partial charge in [0.25, 0.3) is 0 Å². The molecule has 1 heterocycles. The SMILES string of the molecule is COc1ccc(CNc2cnnc(Nc3ccc(Cl)cc3)n2)cc1. The van der Waals surface area contributed by atoms with Crippen LogP contribution in [0.2, 0.25) is 5.02 Å². The fourth-order valence-corrected chi connectivity index (χ4v) is 2.17. The Morgan fingerprint density at radius 2 is 1.79 bits per heavy atom. The fraction of sp³-hybridized carbons (Fsp3) is 0.118. The van der Waals surface area contributed by atoms with Gasteiger partial charge in [-0.15, -0.1) is 5.10 Å². The van der Waals surface area contributed by atoms with E-state index in [4.69, 9.17) is 16.3 Å². The normalized spacial score (nSPS) is 10.2. The molecule has 0 amide bonds. The predicted molar refractivity (Wildman–Crippen MR) is 94.9 cm³/mol. The van der Waals surface area contributed by atoms with Crippen LogP contribution in [0.3, 0.4) is 0 Å². The molecule has 122 valence electrons. The van der Waals surface area contributed by atoms with Crippen LogP contribution in [0, 0.1) is 0 Å². The zero-order valence-corrected chi connectivity index (χ0v) is 13.8. The van der Waals surface area contributed by atoms with Crippen LogP contribution < -0.4 is 15.4 Å². The van der Waals surface area contributed by atoms with Gasteiger partial charge in [0, 0.05) is 17.3 Å². The number of ether oxygens (including phenoxy) is 1. The van der Waals surface area contributed by atoms with E-state index in [9.17, 15) is 0 Å². The van der Waals surface area contributed by atoms with Crippen molar-refractivity contribution in [1.82, 2.24) is 15.2 Å². The number of rotatable bonds is 6. The largest absolute Gasteiger partial charge is 0.497 e. The lowest BCUT2D eigenvalue weighted by atomic mass is 10.2. The van der Waals surface area contributed by atoms with Gasteiger partial charge < -0.3 is 15.4 Å². The highest BCUT2D eigenvalue weighted by Gasteiger charge is 2.02. The first-order chi connectivity index (χ1) is 11.7. The molecule has 0 saturated carbocycles. The summed E-state index contributed by atoms with van der Waals surface area (Å²) in [4.78, 5) is 4.39. The maximum atomic E-state index is 5.87. The Bertz CT molecular complexity index is 793. The van der Waals surface area contributed by atoms with E-state index in [0.717, 1.165) is 17.0 Å². The quantitative estimate of drug-likeness (QED) is 0.708. The molecule has 7 heteroatoms. The Kier molecular flexibility index (Phi) is 5.08. The molecule has 0 atom stereocenters. The minimum absolute atomic E-state index is 0.414. The van der Waals surface area contributed by atoms with E-state index in [-0.39, 0.29) is 0 Å². The van der Waals surface area contributed by atoms with Crippen LogP contribution in [-0.4, -0.2) is 22.3 Å². The monoisotopic (exact) mass is 341 g/mol. The van der Waals surface area contributed by atoms with Gasteiger partial charge in [0.2, 0.25) is 5.95 Å². The fourth-order valence-electron chi connectivity index (χ4n) is 2.04. The van der Waals surface area contributed by atoms with E-state index < -0.39 is 0 Å². The third kappa shape index (κ3) is 4.33. The molecule has 6 nitrogen and oxygen atoms in total. The maximum absolute atomic E-state index is 5.87. The molecule has 0 saturated heterocycles. The van der Waals surface area contributed by atoms with Gasteiger partial charge in [0.15, 0.2) is 5.82 Å². The third-order valence-electron chi connectivity index (χ3n) is 3.29. The highest BCUT2D eigenvalue weighted by Crippen LogP contribution is 2.17. The third-order valence-corrected chi connectivity index (χ3v) is 3.54. The molecule has 0 spiro atoms. The molecule has 0 fully saturated rings. The van der Waals surface area contributed by atoms with Crippen LogP contribution in [0.25, 0.3) is 0 Å². The first-order valence-corrected chi connectivity index (χ1v) is 7.70. The van der Waals surface area contributed by atoms with Gasteiger partial charge in [-0.05, 0) is 42.0 Å². The summed E-state index contributed by atoms with van der Waals surface area (Å²) in [5.74, 6) is 1.88. The number of nitrogens with one attached hydrogen (secondary N) is 2. The zero-order chi connectivity index (χ0) is 16.8. The summed E-state index contributed by atoms with van der Waals surface area (Å²) in [6.45, 7) is 0.628. The molecular formula is C17H16ClN5O. The highest BCUT2D eigenvalue weighted by molar-refractivity contribution is 6.30. The molecule has 0 aliphatic rings. The van der Waals surface area contributed by atoms with Crippen molar-refractivity contribution in [2.45, 2.75) is 6.54 Å². The molecule has 0 aliphatic heterocycles. The van der Waals surface area contributed by atoms with Crippen molar-refractivity contribution in [3.63, 3.8) is 0 Å². The molecule has 3 aromatic rings. The molecule has 2 N–H and O–H groups in total. The van der Waals surface area contributed by atoms with E-state index in [2.05, 4.69) is 25.8 Å². The summed E-state index contributed by atoms with van der Waals surface area (Å²) < 4.78 is 5.14. The van der Waals surface area contributed by atoms with Crippen molar-refractivity contribution in [2.24, 2.45) is 0 Å². The number of benzene rings is 2. The van der Waals surface area contributed by atoms with E-state index >= 15 is 0 Å². The molecule has 24 heavy (non-hydrogen) atoms. The molecule has 2 aromatic carbocycles. The first kappa shape index (κ1) is 16.0. The molecule has 0 radical (unpaired) electrons. The highest BCUT2D eigenvalue weighted by atomic mass is 35.5. The van der Waals surface area contributed by atoms with Crippen LogP contribution in [0.1, 0.15) is 5.56 Å². The number of methoxy groups -OCH3 is 1. The van der Waals surface area contributed by atoms with Gasteiger partial charge in [-0.1, -0.05) is 23.7 Å². The summed E-state index contributed by atoms with van der Waals surface area (Å²) in [7, 11) is 1.65. The van der Waals surface area contributed by atoms with E-state index in [0.29, 0.717) is 23.3 Å².